The summed E-state index contributed by atoms with van der Waals surface area (Å²) < 4.78 is 5.35. The van der Waals surface area contributed by atoms with E-state index >= 15 is 0 Å². The fourth-order valence-corrected chi connectivity index (χ4v) is 3.53. The smallest absolute Gasteiger partial charge is 0.240 e. The molecule has 1 amide bonds. The molecule has 0 aliphatic rings. The number of rotatable bonds is 6. The Bertz CT molecular complexity index is 932. The van der Waals surface area contributed by atoms with Gasteiger partial charge in [0, 0.05) is 17.8 Å². The molecular weight excluding hydrogens is 384 g/mol. The Labute approximate surface area is 166 Å². The van der Waals surface area contributed by atoms with E-state index in [1.54, 1.807) is 37.3 Å². The van der Waals surface area contributed by atoms with Crippen LogP contribution in [0.25, 0.3) is 11.4 Å². The highest BCUT2D eigenvalue weighted by atomic mass is 35.5. The molecule has 1 N–H and O–H groups in total. The molecule has 0 saturated carbocycles. The highest BCUT2D eigenvalue weighted by Gasteiger charge is 2.22. The number of benzene rings is 2. The zero-order valence-corrected chi connectivity index (χ0v) is 16.7. The predicted molar refractivity (Wildman–Crippen MR) is 109 cm³/mol. The summed E-state index contributed by atoms with van der Waals surface area (Å²) in [6, 6.07) is 14.8. The van der Waals surface area contributed by atoms with E-state index in [0.717, 1.165) is 5.69 Å². The van der Waals surface area contributed by atoms with Crippen LogP contribution in [0.3, 0.4) is 0 Å². The number of carbonyl (C=O) groups excluding carboxylic acids is 1. The van der Waals surface area contributed by atoms with Crippen LogP contribution >= 0.6 is 23.4 Å². The molecular formula is C19H19ClN4O2S. The maximum atomic E-state index is 12.7. The van der Waals surface area contributed by atoms with Gasteiger partial charge in [0.05, 0.1) is 17.9 Å². The molecule has 0 spiro atoms. The van der Waals surface area contributed by atoms with Crippen LogP contribution in [0, 0.1) is 0 Å². The van der Waals surface area contributed by atoms with Gasteiger partial charge in [0.15, 0.2) is 5.82 Å². The molecule has 27 heavy (non-hydrogen) atoms. The number of amides is 1. The van der Waals surface area contributed by atoms with Crippen LogP contribution in [0.2, 0.25) is 5.02 Å². The van der Waals surface area contributed by atoms with Gasteiger partial charge in [-0.3, -0.25) is 9.89 Å². The van der Waals surface area contributed by atoms with E-state index in [4.69, 9.17) is 16.3 Å². The summed E-state index contributed by atoms with van der Waals surface area (Å²) >= 11 is 7.37. The number of ether oxygens (including phenoxy) is 1. The van der Waals surface area contributed by atoms with Crippen molar-refractivity contribution in [1.29, 1.82) is 0 Å². The lowest BCUT2D eigenvalue weighted by Crippen LogP contribution is -2.33. The topological polar surface area (TPSA) is 71.1 Å². The Morgan fingerprint density at radius 3 is 2.70 bits per heavy atom. The third-order valence-corrected chi connectivity index (χ3v) is 5.17. The quantitative estimate of drug-likeness (QED) is 0.623. The van der Waals surface area contributed by atoms with E-state index in [2.05, 4.69) is 15.2 Å². The largest absolute Gasteiger partial charge is 0.496 e. The summed E-state index contributed by atoms with van der Waals surface area (Å²) in [5, 5.41) is 7.80. The molecule has 3 aromatic rings. The molecule has 0 bridgehead atoms. The van der Waals surface area contributed by atoms with Gasteiger partial charge in [-0.2, -0.15) is 0 Å². The van der Waals surface area contributed by atoms with Gasteiger partial charge in [0.2, 0.25) is 11.1 Å². The van der Waals surface area contributed by atoms with Gasteiger partial charge in [-0.1, -0.05) is 41.6 Å². The molecule has 0 aliphatic carbocycles. The van der Waals surface area contributed by atoms with Crippen molar-refractivity contribution in [1.82, 2.24) is 15.2 Å². The Morgan fingerprint density at radius 2 is 2.00 bits per heavy atom. The number of methoxy groups -OCH3 is 1. The summed E-state index contributed by atoms with van der Waals surface area (Å²) in [5.74, 6) is 1.14. The fourth-order valence-electron chi connectivity index (χ4n) is 2.54. The molecule has 1 atom stereocenters. The first-order valence-corrected chi connectivity index (χ1v) is 9.51. The number of aromatic amines is 1. The first kappa shape index (κ1) is 19.3. The Hall–Kier alpha value is -2.51. The molecule has 0 saturated heterocycles. The van der Waals surface area contributed by atoms with E-state index in [-0.39, 0.29) is 11.2 Å². The lowest BCUT2D eigenvalue weighted by molar-refractivity contribution is -0.117. The highest BCUT2D eigenvalue weighted by Crippen LogP contribution is 2.32. The lowest BCUT2D eigenvalue weighted by atomic mass is 10.2. The van der Waals surface area contributed by atoms with Gasteiger partial charge in [-0.15, -0.1) is 5.10 Å². The predicted octanol–water partition coefficient (Wildman–Crippen LogP) is 4.28. The van der Waals surface area contributed by atoms with Crippen molar-refractivity contribution in [2.45, 2.75) is 17.3 Å². The molecule has 2 aromatic carbocycles. The average Bonchev–Trinajstić information content (AvgIpc) is 3.15. The summed E-state index contributed by atoms with van der Waals surface area (Å²) in [5.41, 5.74) is 1.55. The van der Waals surface area contributed by atoms with Gasteiger partial charge in [0.25, 0.3) is 0 Å². The molecule has 0 unspecified atom stereocenters. The lowest BCUT2D eigenvalue weighted by Gasteiger charge is -2.20. The zero-order valence-electron chi connectivity index (χ0n) is 15.1. The third-order valence-electron chi connectivity index (χ3n) is 3.99. The number of nitrogens with zero attached hydrogens (tertiary/aromatic N) is 3. The van der Waals surface area contributed by atoms with Crippen molar-refractivity contribution in [3.05, 3.63) is 53.6 Å². The standard InChI is InChI=1S/C19H19ClN4O2S/c1-12(18(25)24(2)14-7-5-4-6-8-14)27-19-21-17(22-23-19)15-11-13(20)9-10-16(15)26-3/h4-12H,1-3H3,(H,21,22,23)/t12-/m1/s1. The van der Waals surface area contributed by atoms with Gasteiger partial charge >= 0.3 is 0 Å². The summed E-state index contributed by atoms with van der Waals surface area (Å²) in [6.07, 6.45) is 0. The second kappa shape index (κ2) is 8.45. The van der Waals surface area contributed by atoms with Crippen molar-refractivity contribution in [2.24, 2.45) is 0 Å². The maximum Gasteiger partial charge on any atom is 0.240 e. The van der Waals surface area contributed by atoms with Crippen LogP contribution < -0.4 is 9.64 Å². The van der Waals surface area contributed by atoms with E-state index in [1.165, 1.54) is 11.8 Å². The fraction of sp³-hybridized carbons (Fsp3) is 0.211. The maximum absolute atomic E-state index is 12.7. The van der Waals surface area contributed by atoms with Gasteiger partial charge in [-0.05, 0) is 37.3 Å². The average molecular weight is 403 g/mol. The van der Waals surface area contributed by atoms with Crippen molar-refractivity contribution in [3.63, 3.8) is 0 Å². The van der Waals surface area contributed by atoms with Crippen molar-refractivity contribution in [2.75, 3.05) is 19.1 Å². The molecule has 3 rings (SSSR count). The minimum atomic E-state index is -0.347. The third kappa shape index (κ3) is 4.43. The molecule has 0 fully saturated rings. The number of para-hydroxylation sites is 1. The number of nitrogens with one attached hydrogen (secondary N) is 1. The molecule has 1 heterocycles. The molecule has 6 nitrogen and oxygen atoms in total. The number of halogens is 1. The number of anilines is 1. The first-order chi connectivity index (χ1) is 13.0. The monoisotopic (exact) mass is 402 g/mol. The number of thioether (sulfide) groups is 1. The number of H-pyrrole nitrogens is 1. The van der Waals surface area contributed by atoms with E-state index in [1.807, 2.05) is 37.3 Å². The SMILES string of the molecule is COc1ccc(Cl)cc1-c1nc(S[C@H](C)C(=O)N(C)c2ccccc2)n[nH]1. The van der Waals surface area contributed by atoms with Crippen molar-refractivity contribution >= 4 is 35.0 Å². The van der Waals surface area contributed by atoms with Crippen LogP contribution in [-0.4, -0.2) is 40.5 Å². The minimum Gasteiger partial charge on any atom is -0.496 e. The zero-order chi connectivity index (χ0) is 19.4. The van der Waals surface area contributed by atoms with Crippen molar-refractivity contribution in [3.8, 4) is 17.1 Å². The molecule has 1 aromatic heterocycles. The van der Waals surface area contributed by atoms with Crippen molar-refractivity contribution < 1.29 is 9.53 Å². The summed E-state index contributed by atoms with van der Waals surface area (Å²) in [4.78, 5) is 18.8. The summed E-state index contributed by atoms with van der Waals surface area (Å²) in [7, 11) is 3.34. The first-order valence-electron chi connectivity index (χ1n) is 8.25. The Morgan fingerprint density at radius 1 is 1.26 bits per heavy atom. The van der Waals surface area contributed by atoms with Crippen LogP contribution in [0.4, 0.5) is 5.69 Å². The van der Waals surface area contributed by atoms with E-state index in [9.17, 15) is 4.79 Å². The second-order valence-electron chi connectivity index (χ2n) is 5.80. The Kier molecular flexibility index (Phi) is 6.03. The van der Waals surface area contributed by atoms with Crippen LogP contribution in [-0.2, 0) is 4.79 Å². The number of hydrogen-bond acceptors (Lipinski definition) is 5. The second-order valence-corrected chi connectivity index (χ2v) is 7.55. The number of hydrogen-bond donors (Lipinski definition) is 1. The van der Waals surface area contributed by atoms with Crippen LogP contribution in [0.5, 0.6) is 5.75 Å². The van der Waals surface area contributed by atoms with E-state index < -0.39 is 0 Å². The minimum absolute atomic E-state index is 0.0297. The highest BCUT2D eigenvalue weighted by molar-refractivity contribution is 8.00. The van der Waals surface area contributed by atoms with E-state index in [0.29, 0.717) is 27.3 Å². The van der Waals surface area contributed by atoms with Crippen LogP contribution in [0.15, 0.2) is 53.7 Å². The molecule has 8 heteroatoms. The normalized spacial score (nSPS) is 11.9. The van der Waals surface area contributed by atoms with Gasteiger partial charge in [-0.25, -0.2) is 4.98 Å². The number of aromatic nitrogens is 3. The van der Waals surface area contributed by atoms with Gasteiger partial charge in [0.1, 0.15) is 5.75 Å². The summed E-state index contributed by atoms with van der Waals surface area (Å²) in [6.45, 7) is 1.84. The van der Waals surface area contributed by atoms with Gasteiger partial charge < -0.3 is 9.64 Å². The molecule has 140 valence electrons. The molecule has 0 aliphatic heterocycles. The number of carbonyl (C=O) groups is 1. The Balaban J connectivity index is 1.74. The van der Waals surface area contributed by atoms with Crippen LogP contribution in [0.1, 0.15) is 6.92 Å². The molecule has 0 radical (unpaired) electrons.